The van der Waals surface area contributed by atoms with E-state index in [-0.39, 0.29) is 29.0 Å². The number of hydrogen-bond donors (Lipinski definition) is 1. The summed E-state index contributed by atoms with van der Waals surface area (Å²) in [7, 11) is -2.64. The largest absolute Gasteiger partial charge is 0.497 e. The molecule has 0 aliphatic rings. The Balaban J connectivity index is 2.06. The third kappa shape index (κ3) is 8.24. The van der Waals surface area contributed by atoms with E-state index in [1.165, 1.54) is 23.1 Å². The van der Waals surface area contributed by atoms with Crippen molar-refractivity contribution in [2.75, 3.05) is 24.5 Å². The minimum Gasteiger partial charge on any atom is -0.497 e. The van der Waals surface area contributed by atoms with Gasteiger partial charge >= 0.3 is 0 Å². The number of carbonyl (C=O) groups is 2. The second kappa shape index (κ2) is 13.9. The SMILES string of the molecule is COc1cccc(CN(C(=O)CN(c2cc(Cl)ccc2C)S(=O)(=O)c2ccc(C)cc2)C(C)C(=O)NCC(C)C)c1. The number of benzene rings is 3. The molecule has 0 aromatic heterocycles. The van der Waals surface area contributed by atoms with Crippen LogP contribution in [-0.4, -0.2) is 51.4 Å². The number of aryl methyl sites for hydroxylation is 2. The van der Waals surface area contributed by atoms with E-state index in [0.717, 1.165) is 15.4 Å². The minimum atomic E-state index is -4.18. The van der Waals surface area contributed by atoms with Crippen molar-refractivity contribution in [2.24, 2.45) is 5.92 Å². The van der Waals surface area contributed by atoms with E-state index in [4.69, 9.17) is 16.3 Å². The Bertz CT molecular complexity index is 1480. The Morgan fingerprint density at radius 3 is 2.29 bits per heavy atom. The van der Waals surface area contributed by atoms with Crippen molar-refractivity contribution in [1.82, 2.24) is 10.2 Å². The zero-order valence-electron chi connectivity index (χ0n) is 24.3. The highest BCUT2D eigenvalue weighted by Crippen LogP contribution is 2.30. The normalized spacial score (nSPS) is 12.1. The molecule has 0 spiro atoms. The molecule has 3 aromatic rings. The minimum absolute atomic E-state index is 0.0392. The van der Waals surface area contributed by atoms with Crippen molar-refractivity contribution in [3.63, 3.8) is 0 Å². The van der Waals surface area contributed by atoms with Gasteiger partial charge in [0.2, 0.25) is 11.8 Å². The maximum Gasteiger partial charge on any atom is 0.264 e. The molecule has 41 heavy (non-hydrogen) atoms. The van der Waals surface area contributed by atoms with E-state index < -0.39 is 28.5 Å². The number of carbonyl (C=O) groups excluding carboxylic acids is 2. The number of nitrogens with one attached hydrogen (secondary N) is 1. The van der Waals surface area contributed by atoms with Gasteiger partial charge in [-0.2, -0.15) is 0 Å². The molecule has 0 heterocycles. The van der Waals surface area contributed by atoms with Crippen LogP contribution < -0.4 is 14.4 Å². The van der Waals surface area contributed by atoms with E-state index in [1.807, 2.05) is 26.8 Å². The number of methoxy groups -OCH3 is 1. The van der Waals surface area contributed by atoms with Crippen LogP contribution in [0, 0.1) is 19.8 Å². The number of sulfonamides is 1. The summed E-state index contributed by atoms with van der Waals surface area (Å²) in [6.07, 6.45) is 0. The van der Waals surface area contributed by atoms with Crippen LogP contribution in [0.1, 0.15) is 37.5 Å². The van der Waals surface area contributed by atoms with Gasteiger partial charge < -0.3 is 15.0 Å². The lowest BCUT2D eigenvalue weighted by Crippen LogP contribution is -2.51. The van der Waals surface area contributed by atoms with Crippen LogP contribution in [0.5, 0.6) is 5.75 Å². The first-order valence-corrected chi connectivity index (χ1v) is 15.2. The molecule has 0 bridgehead atoms. The molecule has 0 aliphatic carbocycles. The van der Waals surface area contributed by atoms with Crippen LogP contribution in [0.15, 0.2) is 71.6 Å². The summed E-state index contributed by atoms with van der Waals surface area (Å²) >= 11 is 6.28. The van der Waals surface area contributed by atoms with Crippen LogP contribution in [0.2, 0.25) is 5.02 Å². The molecule has 2 amide bonds. The van der Waals surface area contributed by atoms with Crippen LogP contribution in [0.4, 0.5) is 5.69 Å². The van der Waals surface area contributed by atoms with Gasteiger partial charge in [-0.1, -0.05) is 61.3 Å². The summed E-state index contributed by atoms with van der Waals surface area (Å²) < 4.78 is 34.4. The molecule has 0 saturated carbocycles. The molecule has 1 N–H and O–H groups in total. The summed E-state index contributed by atoms with van der Waals surface area (Å²) in [5.41, 5.74) is 2.54. The van der Waals surface area contributed by atoms with Crippen molar-refractivity contribution in [1.29, 1.82) is 0 Å². The van der Waals surface area contributed by atoms with Gasteiger partial charge in [0.1, 0.15) is 18.3 Å². The van der Waals surface area contributed by atoms with E-state index in [0.29, 0.717) is 22.9 Å². The zero-order valence-corrected chi connectivity index (χ0v) is 25.9. The summed E-state index contributed by atoms with van der Waals surface area (Å²) in [5.74, 6) is -0.0588. The number of nitrogens with zero attached hydrogens (tertiary/aromatic N) is 2. The highest BCUT2D eigenvalue weighted by atomic mass is 35.5. The zero-order chi connectivity index (χ0) is 30.3. The Morgan fingerprint density at radius 2 is 1.66 bits per heavy atom. The smallest absolute Gasteiger partial charge is 0.264 e. The summed E-state index contributed by atoms with van der Waals surface area (Å²) in [5, 5.41) is 3.21. The molecule has 0 saturated heterocycles. The van der Waals surface area contributed by atoms with Crippen molar-refractivity contribution < 1.29 is 22.7 Å². The predicted molar refractivity (Wildman–Crippen MR) is 163 cm³/mol. The number of hydrogen-bond acceptors (Lipinski definition) is 5. The third-order valence-corrected chi connectivity index (χ3v) is 8.68. The lowest BCUT2D eigenvalue weighted by atomic mass is 10.1. The summed E-state index contributed by atoms with van der Waals surface area (Å²) in [6, 6.07) is 17.6. The second-order valence-electron chi connectivity index (χ2n) is 10.4. The van der Waals surface area contributed by atoms with Crippen LogP contribution in [-0.2, 0) is 26.2 Å². The third-order valence-electron chi connectivity index (χ3n) is 6.67. The predicted octanol–water partition coefficient (Wildman–Crippen LogP) is 5.35. The lowest BCUT2D eigenvalue weighted by Gasteiger charge is -2.32. The Kier molecular flexibility index (Phi) is 10.8. The molecule has 8 nitrogen and oxygen atoms in total. The van der Waals surface area contributed by atoms with Crippen molar-refractivity contribution in [2.45, 2.75) is 52.1 Å². The van der Waals surface area contributed by atoms with Gasteiger partial charge in [-0.15, -0.1) is 0 Å². The molecule has 220 valence electrons. The number of ether oxygens (including phenoxy) is 1. The van der Waals surface area contributed by atoms with Gasteiger partial charge in [0.15, 0.2) is 0 Å². The Morgan fingerprint density at radius 1 is 0.976 bits per heavy atom. The average Bonchev–Trinajstić information content (AvgIpc) is 2.94. The Labute approximate surface area is 248 Å². The standard InChI is InChI=1S/C31H38ClN3O5S/c1-21(2)18-33-31(37)24(5)34(19-25-8-7-9-27(16-25)40-6)30(36)20-35(29-17-26(32)13-12-23(29)4)41(38,39)28-14-10-22(3)11-15-28/h7-17,21,24H,18-20H2,1-6H3,(H,33,37). The molecule has 0 aliphatic heterocycles. The maximum absolute atomic E-state index is 14.1. The molecular formula is C31H38ClN3O5S. The molecular weight excluding hydrogens is 562 g/mol. The fourth-order valence-corrected chi connectivity index (χ4v) is 5.84. The fraction of sp³-hybridized carbons (Fsp3) is 0.355. The van der Waals surface area contributed by atoms with E-state index >= 15 is 0 Å². The quantitative estimate of drug-likeness (QED) is 0.303. The van der Waals surface area contributed by atoms with Gasteiger partial charge in [0.05, 0.1) is 17.7 Å². The summed E-state index contributed by atoms with van der Waals surface area (Å²) in [6.45, 7) is 9.18. The van der Waals surface area contributed by atoms with E-state index in [9.17, 15) is 18.0 Å². The number of rotatable bonds is 12. The summed E-state index contributed by atoms with van der Waals surface area (Å²) in [4.78, 5) is 28.6. The van der Waals surface area contributed by atoms with E-state index in [2.05, 4.69) is 5.32 Å². The molecule has 3 aromatic carbocycles. The molecule has 0 fully saturated rings. The highest BCUT2D eigenvalue weighted by Gasteiger charge is 2.33. The molecule has 10 heteroatoms. The number of anilines is 1. The first-order valence-electron chi connectivity index (χ1n) is 13.4. The second-order valence-corrected chi connectivity index (χ2v) is 12.7. The van der Waals surface area contributed by atoms with Crippen LogP contribution in [0.3, 0.4) is 0 Å². The Hall–Kier alpha value is -3.56. The van der Waals surface area contributed by atoms with Gasteiger partial charge in [-0.05, 0) is 74.2 Å². The number of halogens is 1. The van der Waals surface area contributed by atoms with E-state index in [1.54, 1.807) is 63.4 Å². The highest BCUT2D eigenvalue weighted by molar-refractivity contribution is 7.92. The van der Waals surface area contributed by atoms with Gasteiger partial charge in [-0.3, -0.25) is 13.9 Å². The molecule has 0 radical (unpaired) electrons. The maximum atomic E-state index is 14.1. The molecule has 1 unspecified atom stereocenters. The fourth-order valence-electron chi connectivity index (χ4n) is 4.20. The lowest BCUT2D eigenvalue weighted by molar-refractivity contribution is -0.139. The van der Waals surface area contributed by atoms with Gasteiger partial charge in [-0.25, -0.2) is 8.42 Å². The first-order chi connectivity index (χ1) is 19.3. The van der Waals surface area contributed by atoms with Gasteiger partial charge in [0.25, 0.3) is 10.0 Å². The monoisotopic (exact) mass is 599 g/mol. The van der Waals surface area contributed by atoms with Crippen LogP contribution >= 0.6 is 11.6 Å². The number of amides is 2. The first kappa shape index (κ1) is 32.0. The van der Waals surface area contributed by atoms with Crippen molar-refractivity contribution in [3.8, 4) is 5.75 Å². The van der Waals surface area contributed by atoms with Gasteiger partial charge in [0, 0.05) is 18.1 Å². The van der Waals surface area contributed by atoms with Crippen LogP contribution in [0.25, 0.3) is 0 Å². The molecule has 3 rings (SSSR count). The average molecular weight is 600 g/mol. The van der Waals surface area contributed by atoms with Crippen molar-refractivity contribution in [3.05, 3.63) is 88.4 Å². The van der Waals surface area contributed by atoms with Crippen molar-refractivity contribution >= 4 is 39.1 Å². The molecule has 1 atom stereocenters. The topological polar surface area (TPSA) is 96.0 Å².